The van der Waals surface area contributed by atoms with Crippen molar-refractivity contribution in [2.75, 3.05) is 13.2 Å². The van der Waals surface area contributed by atoms with Crippen LogP contribution in [0.15, 0.2) is 24.3 Å². The number of benzene rings is 1. The topological polar surface area (TPSA) is 66.8 Å². The molecule has 0 bridgehead atoms. The molecule has 0 saturated carbocycles. The number of carbonyl (C=O) groups excluding carboxylic acids is 1. The fourth-order valence-corrected chi connectivity index (χ4v) is 1.60. The number of hydrogen-bond donors (Lipinski definition) is 2. The molecule has 1 aromatic rings. The van der Waals surface area contributed by atoms with Gasteiger partial charge in [0.05, 0.1) is 18.8 Å². The van der Waals surface area contributed by atoms with E-state index in [2.05, 4.69) is 13.8 Å². The SMILES string of the molecule is CC(C)Cc1ccc(C(=O)OC(CO)CO)cc1. The molecule has 0 radical (unpaired) electrons. The van der Waals surface area contributed by atoms with E-state index < -0.39 is 12.1 Å². The third-order valence-electron chi connectivity index (χ3n) is 2.51. The van der Waals surface area contributed by atoms with Crippen molar-refractivity contribution < 1.29 is 19.7 Å². The van der Waals surface area contributed by atoms with Gasteiger partial charge in [-0.1, -0.05) is 26.0 Å². The Morgan fingerprint density at radius 1 is 1.17 bits per heavy atom. The first kappa shape index (κ1) is 14.7. The Bertz CT molecular complexity index is 366. The van der Waals surface area contributed by atoms with Gasteiger partial charge < -0.3 is 14.9 Å². The fraction of sp³-hybridized carbons (Fsp3) is 0.500. The highest BCUT2D eigenvalue weighted by molar-refractivity contribution is 5.89. The summed E-state index contributed by atoms with van der Waals surface area (Å²) in [7, 11) is 0. The molecular weight excluding hydrogens is 232 g/mol. The quantitative estimate of drug-likeness (QED) is 0.751. The van der Waals surface area contributed by atoms with Crippen molar-refractivity contribution in [1.82, 2.24) is 0 Å². The third-order valence-corrected chi connectivity index (χ3v) is 2.51. The number of rotatable bonds is 6. The fourth-order valence-electron chi connectivity index (χ4n) is 1.60. The molecule has 0 aliphatic carbocycles. The number of aliphatic hydroxyl groups excluding tert-OH is 2. The zero-order valence-corrected chi connectivity index (χ0v) is 10.8. The Morgan fingerprint density at radius 2 is 1.72 bits per heavy atom. The van der Waals surface area contributed by atoms with Gasteiger partial charge in [0, 0.05) is 0 Å². The normalized spacial score (nSPS) is 11.0. The maximum atomic E-state index is 11.7. The minimum Gasteiger partial charge on any atom is -0.454 e. The molecule has 4 nitrogen and oxygen atoms in total. The molecule has 0 aliphatic rings. The second-order valence-corrected chi connectivity index (χ2v) is 4.69. The molecular formula is C14H20O4. The van der Waals surface area contributed by atoms with Crippen LogP contribution in [0.4, 0.5) is 0 Å². The summed E-state index contributed by atoms with van der Waals surface area (Å²) >= 11 is 0. The summed E-state index contributed by atoms with van der Waals surface area (Å²) in [6.45, 7) is 3.51. The Hall–Kier alpha value is -1.39. The van der Waals surface area contributed by atoms with E-state index in [1.165, 1.54) is 5.56 Å². The van der Waals surface area contributed by atoms with Crippen molar-refractivity contribution in [3.8, 4) is 0 Å². The minimum absolute atomic E-state index is 0.381. The zero-order valence-electron chi connectivity index (χ0n) is 10.8. The lowest BCUT2D eigenvalue weighted by molar-refractivity contribution is -0.00544. The molecule has 4 heteroatoms. The average molecular weight is 252 g/mol. The molecule has 0 fully saturated rings. The van der Waals surface area contributed by atoms with Gasteiger partial charge in [-0.25, -0.2) is 4.79 Å². The molecule has 0 heterocycles. The monoisotopic (exact) mass is 252 g/mol. The molecule has 0 spiro atoms. The maximum Gasteiger partial charge on any atom is 0.338 e. The number of carbonyl (C=O) groups is 1. The predicted octanol–water partition coefficient (Wildman–Crippen LogP) is 1.40. The van der Waals surface area contributed by atoms with Crippen molar-refractivity contribution >= 4 is 5.97 Å². The van der Waals surface area contributed by atoms with Gasteiger partial charge in [0.25, 0.3) is 0 Å². The molecule has 1 aromatic carbocycles. The van der Waals surface area contributed by atoms with Crippen LogP contribution in [0.2, 0.25) is 0 Å². The van der Waals surface area contributed by atoms with Crippen LogP contribution in [0, 0.1) is 5.92 Å². The molecule has 0 amide bonds. The molecule has 18 heavy (non-hydrogen) atoms. The van der Waals surface area contributed by atoms with E-state index in [0.29, 0.717) is 11.5 Å². The van der Waals surface area contributed by atoms with Crippen LogP contribution in [0.3, 0.4) is 0 Å². The van der Waals surface area contributed by atoms with Crippen molar-refractivity contribution in [2.45, 2.75) is 26.4 Å². The van der Waals surface area contributed by atoms with Crippen LogP contribution in [0.1, 0.15) is 29.8 Å². The zero-order chi connectivity index (χ0) is 13.5. The van der Waals surface area contributed by atoms with Gasteiger partial charge in [0.1, 0.15) is 6.10 Å². The molecule has 100 valence electrons. The first-order chi connectivity index (χ1) is 8.56. The lowest BCUT2D eigenvalue weighted by atomic mass is 10.0. The first-order valence-corrected chi connectivity index (χ1v) is 6.08. The van der Waals surface area contributed by atoms with Gasteiger partial charge in [-0.15, -0.1) is 0 Å². The van der Waals surface area contributed by atoms with Crippen molar-refractivity contribution in [3.05, 3.63) is 35.4 Å². The van der Waals surface area contributed by atoms with E-state index in [-0.39, 0.29) is 13.2 Å². The van der Waals surface area contributed by atoms with E-state index in [0.717, 1.165) is 6.42 Å². The van der Waals surface area contributed by atoms with E-state index in [4.69, 9.17) is 14.9 Å². The van der Waals surface area contributed by atoms with E-state index in [9.17, 15) is 4.79 Å². The summed E-state index contributed by atoms with van der Waals surface area (Å²) in [6.07, 6.45) is 0.110. The van der Waals surface area contributed by atoms with Gasteiger partial charge >= 0.3 is 5.97 Å². The number of hydrogen-bond acceptors (Lipinski definition) is 4. The molecule has 0 atom stereocenters. The molecule has 1 rings (SSSR count). The summed E-state index contributed by atoms with van der Waals surface area (Å²) < 4.78 is 4.92. The highest BCUT2D eigenvalue weighted by Crippen LogP contribution is 2.11. The van der Waals surface area contributed by atoms with Crippen LogP contribution >= 0.6 is 0 Å². The number of esters is 1. The van der Waals surface area contributed by atoms with E-state index in [1.807, 2.05) is 12.1 Å². The van der Waals surface area contributed by atoms with Crippen LogP contribution in [0.5, 0.6) is 0 Å². The molecule has 0 aromatic heterocycles. The summed E-state index contributed by atoms with van der Waals surface area (Å²) in [5, 5.41) is 17.7. The minimum atomic E-state index is -0.854. The van der Waals surface area contributed by atoms with Crippen LogP contribution in [-0.2, 0) is 11.2 Å². The van der Waals surface area contributed by atoms with Crippen molar-refractivity contribution in [2.24, 2.45) is 5.92 Å². The van der Waals surface area contributed by atoms with Crippen LogP contribution in [-0.4, -0.2) is 35.5 Å². The van der Waals surface area contributed by atoms with Gasteiger partial charge in [0.15, 0.2) is 0 Å². The second-order valence-electron chi connectivity index (χ2n) is 4.69. The Kier molecular flexibility index (Phi) is 5.82. The van der Waals surface area contributed by atoms with Gasteiger partial charge in [0.2, 0.25) is 0 Å². The Labute approximate surface area is 107 Å². The Morgan fingerprint density at radius 3 is 2.17 bits per heavy atom. The summed E-state index contributed by atoms with van der Waals surface area (Å²) in [4.78, 5) is 11.7. The van der Waals surface area contributed by atoms with Crippen molar-refractivity contribution in [1.29, 1.82) is 0 Å². The molecule has 0 aliphatic heterocycles. The predicted molar refractivity (Wildman–Crippen MR) is 68.4 cm³/mol. The number of ether oxygens (including phenoxy) is 1. The van der Waals surface area contributed by atoms with Crippen LogP contribution in [0.25, 0.3) is 0 Å². The van der Waals surface area contributed by atoms with Crippen molar-refractivity contribution in [3.63, 3.8) is 0 Å². The standard InChI is InChI=1S/C14H20O4/c1-10(2)7-11-3-5-12(6-4-11)14(17)18-13(8-15)9-16/h3-6,10,13,15-16H,7-9H2,1-2H3. The lowest BCUT2D eigenvalue weighted by Crippen LogP contribution is -2.25. The van der Waals surface area contributed by atoms with Gasteiger partial charge in [-0.2, -0.15) is 0 Å². The summed E-state index contributed by atoms with van der Waals surface area (Å²) in [5.41, 5.74) is 1.59. The maximum absolute atomic E-state index is 11.7. The first-order valence-electron chi connectivity index (χ1n) is 6.08. The smallest absolute Gasteiger partial charge is 0.338 e. The summed E-state index contributed by atoms with van der Waals surface area (Å²) in [5.74, 6) is 0.0372. The highest BCUT2D eigenvalue weighted by atomic mass is 16.6. The molecule has 0 unspecified atom stereocenters. The van der Waals surface area contributed by atoms with E-state index >= 15 is 0 Å². The highest BCUT2D eigenvalue weighted by Gasteiger charge is 2.14. The summed E-state index contributed by atoms with van der Waals surface area (Å²) in [6, 6.07) is 7.19. The van der Waals surface area contributed by atoms with E-state index in [1.54, 1.807) is 12.1 Å². The number of aliphatic hydroxyl groups is 2. The molecule has 0 saturated heterocycles. The van der Waals surface area contributed by atoms with Gasteiger partial charge in [-0.05, 0) is 30.0 Å². The lowest BCUT2D eigenvalue weighted by Gasteiger charge is -2.12. The second kappa shape index (κ2) is 7.13. The largest absolute Gasteiger partial charge is 0.454 e. The average Bonchev–Trinajstić information content (AvgIpc) is 2.35. The Balaban J connectivity index is 2.64. The third kappa shape index (κ3) is 4.47. The van der Waals surface area contributed by atoms with Gasteiger partial charge in [-0.3, -0.25) is 0 Å². The molecule has 2 N–H and O–H groups in total. The van der Waals surface area contributed by atoms with Crippen LogP contribution < -0.4 is 0 Å².